The average Bonchev–Trinajstić information content (AvgIpc) is 2.63. The molecule has 1 heterocycles. The summed E-state index contributed by atoms with van der Waals surface area (Å²) in [5.74, 6) is 0.289. The van der Waals surface area contributed by atoms with Crippen molar-refractivity contribution in [1.82, 2.24) is 4.98 Å². The highest BCUT2D eigenvalue weighted by Gasteiger charge is 2.17. The fourth-order valence-electron chi connectivity index (χ4n) is 2.58. The van der Waals surface area contributed by atoms with Gasteiger partial charge in [-0.3, -0.25) is 4.98 Å². The monoisotopic (exact) mass is 336 g/mol. The third kappa shape index (κ3) is 3.55. The van der Waals surface area contributed by atoms with Crippen molar-refractivity contribution in [3.8, 4) is 5.75 Å². The van der Waals surface area contributed by atoms with E-state index in [1.54, 1.807) is 20.2 Å². The molecule has 25 heavy (non-hydrogen) atoms. The van der Waals surface area contributed by atoms with Gasteiger partial charge in [0, 0.05) is 17.3 Å². The van der Waals surface area contributed by atoms with E-state index in [2.05, 4.69) is 10.3 Å². The highest BCUT2D eigenvalue weighted by molar-refractivity contribution is 6.06. The van der Waals surface area contributed by atoms with Crippen molar-refractivity contribution in [1.29, 1.82) is 0 Å². The Balaban J connectivity index is 2.16. The molecule has 0 radical (unpaired) electrons. The van der Waals surface area contributed by atoms with Crippen molar-refractivity contribution in [3.05, 3.63) is 59.8 Å². The van der Waals surface area contributed by atoms with E-state index in [0.717, 1.165) is 22.2 Å². The Kier molecular flexibility index (Phi) is 4.84. The summed E-state index contributed by atoms with van der Waals surface area (Å²) in [7, 11) is 1.61. The second kappa shape index (κ2) is 7.21. The molecule has 1 N–H and O–H groups in total. The first-order valence-electron chi connectivity index (χ1n) is 8.10. The highest BCUT2D eigenvalue weighted by atomic mass is 16.5. The van der Waals surface area contributed by atoms with Gasteiger partial charge < -0.3 is 14.8 Å². The van der Waals surface area contributed by atoms with E-state index >= 15 is 0 Å². The summed E-state index contributed by atoms with van der Waals surface area (Å²) in [4.78, 5) is 16.8. The minimum absolute atomic E-state index is 0.305. The summed E-state index contributed by atoms with van der Waals surface area (Å²) in [6.07, 6.45) is 1.54. The minimum Gasteiger partial charge on any atom is -0.497 e. The fourth-order valence-corrected chi connectivity index (χ4v) is 2.58. The lowest BCUT2D eigenvalue weighted by Gasteiger charge is -2.15. The molecule has 0 aliphatic carbocycles. The predicted molar refractivity (Wildman–Crippen MR) is 98.7 cm³/mol. The van der Waals surface area contributed by atoms with Crippen LogP contribution in [0.4, 0.5) is 11.4 Å². The number of aromatic nitrogens is 1. The highest BCUT2D eigenvalue weighted by Crippen LogP contribution is 2.32. The van der Waals surface area contributed by atoms with E-state index < -0.39 is 5.97 Å². The summed E-state index contributed by atoms with van der Waals surface area (Å²) in [6, 6.07) is 13.5. The number of rotatable bonds is 5. The number of hydrogen-bond acceptors (Lipinski definition) is 5. The van der Waals surface area contributed by atoms with Gasteiger partial charge in [0.1, 0.15) is 11.3 Å². The third-order valence-electron chi connectivity index (χ3n) is 3.89. The van der Waals surface area contributed by atoms with Crippen molar-refractivity contribution in [3.63, 3.8) is 0 Å². The zero-order valence-corrected chi connectivity index (χ0v) is 14.5. The van der Waals surface area contributed by atoms with Crippen molar-refractivity contribution in [2.24, 2.45) is 0 Å². The minimum atomic E-state index is -0.408. The number of nitrogens with zero attached hydrogens (tertiary/aromatic N) is 1. The molecule has 5 nitrogen and oxygen atoms in total. The molecular formula is C20H20N2O3. The van der Waals surface area contributed by atoms with Gasteiger partial charge in [-0.25, -0.2) is 4.79 Å². The van der Waals surface area contributed by atoms with Gasteiger partial charge in [-0.2, -0.15) is 0 Å². The summed E-state index contributed by atoms with van der Waals surface area (Å²) < 4.78 is 10.5. The topological polar surface area (TPSA) is 60.5 Å². The maximum absolute atomic E-state index is 12.4. The first-order chi connectivity index (χ1) is 12.1. The number of aryl methyl sites for hydroxylation is 1. The molecule has 1 aromatic heterocycles. The molecule has 3 rings (SSSR count). The number of esters is 1. The van der Waals surface area contributed by atoms with Gasteiger partial charge >= 0.3 is 5.97 Å². The Morgan fingerprint density at radius 1 is 1.16 bits per heavy atom. The van der Waals surface area contributed by atoms with Crippen molar-refractivity contribution < 1.29 is 14.3 Å². The van der Waals surface area contributed by atoms with Gasteiger partial charge in [-0.15, -0.1) is 0 Å². The van der Waals surface area contributed by atoms with Crippen LogP contribution in [0.3, 0.4) is 0 Å². The quantitative estimate of drug-likeness (QED) is 0.697. The Morgan fingerprint density at radius 3 is 2.60 bits per heavy atom. The summed E-state index contributed by atoms with van der Waals surface area (Å²) in [5, 5.41) is 4.13. The van der Waals surface area contributed by atoms with Crippen molar-refractivity contribution in [2.45, 2.75) is 13.8 Å². The van der Waals surface area contributed by atoms with Gasteiger partial charge in [0.05, 0.1) is 24.9 Å². The first kappa shape index (κ1) is 16.8. The Bertz CT molecular complexity index is 905. The van der Waals surface area contributed by atoms with Gasteiger partial charge in [-0.05, 0) is 44.2 Å². The van der Waals surface area contributed by atoms with E-state index in [4.69, 9.17) is 9.47 Å². The number of carbonyl (C=O) groups is 1. The number of anilines is 2. The van der Waals surface area contributed by atoms with E-state index in [1.807, 2.05) is 49.4 Å². The average molecular weight is 336 g/mol. The van der Waals surface area contributed by atoms with Crippen LogP contribution in [0.2, 0.25) is 0 Å². The number of ether oxygens (including phenoxy) is 2. The van der Waals surface area contributed by atoms with Crippen LogP contribution in [-0.4, -0.2) is 24.7 Å². The molecule has 0 amide bonds. The smallest absolute Gasteiger partial charge is 0.341 e. The van der Waals surface area contributed by atoms with E-state index in [0.29, 0.717) is 23.6 Å². The molecule has 5 heteroatoms. The van der Waals surface area contributed by atoms with Crippen LogP contribution in [0, 0.1) is 6.92 Å². The number of fused-ring (bicyclic) bond motifs is 1. The number of methoxy groups -OCH3 is 1. The van der Waals surface area contributed by atoms with Crippen molar-refractivity contribution in [2.75, 3.05) is 19.0 Å². The lowest BCUT2D eigenvalue weighted by atomic mass is 10.1. The molecule has 0 unspecified atom stereocenters. The molecule has 0 fully saturated rings. The normalized spacial score (nSPS) is 10.5. The zero-order chi connectivity index (χ0) is 17.8. The largest absolute Gasteiger partial charge is 0.497 e. The molecular weight excluding hydrogens is 316 g/mol. The molecule has 0 aliphatic heterocycles. The Labute approximate surface area is 146 Å². The van der Waals surface area contributed by atoms with Gasteiger partial charge in [0.15, 0.2) is 0 Å². The van der Waals surface area contributed by atoms with Gasteiger partial charge in [0.25, 0.3) is 0 Å². The van der Waals surface area contributed by atoms with Crippen LogP contribution < -0.4 is 10.1 Å². The predicted octanol–water partition coefficient (Wildman–Crippen LogP) is 4.47. The van der Waals surface area contributed by atoms with E-state index in [-0.39, 0.29) is 0 Å². The summed E-state index contributed by atoms with van der Waals surface area (Å²) in [6.45, 7) is 4.11. The van der Waals surface area contributed by atoms with E-state index in [9.17, 15) is 4.79 Å². The molecule has 128 valence electrons. The molecule has 0 saturated heterocycles. The maximum Gasteiger partial charge on any atom is 0.341 e. The standard InChI is InChI=1S/C20H20N2O3/c1-4-25-20(23)17-12-21-18-10-9-15(24-3)11-16(18)19(17)22-14-7-5-13(2)6-8-14/h5-12H,4H2,1-3H3,(H,21,22). The molecule has 0 bridgehead atoms. The maximum atomic E-state index is 12.4. The second-order valence-electron chi connectivity index (χ2n) is 5.64. The molecule has 2 aromatic carbocycles. The number of benzene rings is 2. The van der Waals surface area contributed by atoms with E-state index in [1.165, 1.54) is 0 Å². The molecule has 0 atom stereocenters. The second-order valence-corrected chi connectivity index (χ2v) is 5.64. The van der Waals surface area contributed by atoms with Gasteiger partial charge in [0.2, 0.25) is 0 Å². The number of hydrogen-bond donors (Lipinski definition) is 1. The lowest BCUT2D eigenvalue weighted by Crippen LogP contribution is -2.09. The van der Waals surface area contributed by atoms with Crippen LogP contribution in [-0.2, 0) is 4.74 Å². The Hall–Kier alpha value is -3.08. The SMILES string of the molecule is CCOC(=O)c1cnc2ccc(OC)cc2c1Nc1ccc(C)cc1. The van der Waals surface area contributed by atoms with Crippen LogP contribution in [0.1, 0.15) is 22.8 Å². The summed E-state index contributed by atoms with van der Waals surface area (Å²) >= 11 is 0. The van der Waals surface area contributed by atoms with Crippen LogP contribution in [0.25, 0.3) is 10.9 Å². The van der Waals surface area contributed by atoms with Crippen LogP contribution in [0.15, 0.2) is 48.7 Å². The van der Waals surface area contributed by atoms with Crippen LogP contribution >= 0.6 is 0 Å². The van der Waals surface area contributed by atoms with Gasteiger partial charge in [-0.1, -0.05) is 17.7 Å². The first-order valence-corrected chi connectivity index (χ1v) is 8.10. The molecule has 3 aromatic rings. The molecule has 0 saturated carbocycles. The number of carbonyl (C=O) groups excluding carboxylic acids is 1. The van der Waals surface area contributed by atoms with Crippen LogP contribution in [0.5, 0.6) is 5.75 Å². The third-order valence-corrected chi connectivity index (χ3v) is 3.89. The number of pyridine rings is 1. The fraction of sp³-hybridized carbons (Fsp3) is 0.200. The summed E-state index contributed by atoms with van der Waals surface area (Å²) in [5.41, 5.74) is 3.86. The Morgan fingerprint density at radius 2 is 1.92 bits per heavy atom. The lowest BCUT2D eigenvalue weighted by molar-refractivity contribution is 0.0527. The zero-order valence-electron chi connectivity index (χ0n) is 14.5. The van der Waals surface area contributed by atoms with Crippen molar-refractivity contribution >= 4 is 28.2 Å². The molecule has 0 spiro atoms. The molecule has 0 aliphatic rings. The number of nitrogens with one attached hydrogen (secondary N) is 1.